The maximum atomic E-state index is 12.3. The van der Waals surface area contributed by atoms with Crippen molar-refractivity contribution in [3.05, 3.63) is 29.8 Å². The van der Waals surface area contributed by atoms with Crippen molar-refractivity contribution in [3.8, 4) is 0 Å². The van der Waals surface area contributed by atoms with Crippen molar-refractivity contribution in [1.82, 2.24) is 4.90 Å². The highest BCUT2D eigenvalue weighted by Crippen LogP contribution is 2.35. The zero-order valence-electron chi connectivity index (χ0n) is 14.5. The van der Waals surface area contributed by atoms with Gasteiger partial charge in [-0.05, 0) is 57.7 Å². The van der Waals surface area contributed by atoms with Gasteiger partial charge in [-0.25, -0.2) is 4.79 Å². The molecule has 132 valence electrons. The van der Waals surface area contributed by atoms with Crippen molar-refractivity contribution in [2.75, 3.05) is 18.8 Å². The zero-order chi connectivity index (χ0) is 18.0. The summed E-state index contributed by atoms with van der Waals surface area (Å²) < 4.78 is 5.39. The van der Waals surface area contributed by atoms with E-state index in [0.717, 1.165) is 5.56 Å². The van der Waals surface area contributed by atoms with Crippen LogP contribution in [0.25, 0.3) is 0 Å². The normalized spacial score (nSPS) is 21.4. The highest BCUT2D eigenvalue weighted by Gasteiger charge is 2.44. The molecule has 24 heavy (non-hydrogen) atoms. The van der Waals surface area contributed by atoms with Crippen LogP contribution in [-0.2, 0) is 16.0 Å². The second-order valence-electron chi connectivity index (χ2n) is 7.51. The Morgan fingerprint density at radius 3 is 2.46 bits per heavy atom. The van der Waals surface area contributed by atoms with Gasteiger partial charge in [0.2, 0.25) is 0 Å². The maximum Gasteiger partial charge on any atom is 0.410 e. The van der Waals surface area contributed by atoms with Gasteiger partial charge in [0.25, 0.3) is 0 Å². The lowest BCUT2D eigenvalue weighted by Gasteiger charge is -2.40. The van der Waals surface area contributed by atoms with Crippen LogP contribution in [0.2, 0.25) is 0 Å². The van der Waals surface area contributed by atoms with Crippen LogP contribution in [0, 0.1) is 5.41 Å². The van der Waals surface area contributed by atoms with E-state index in [2.05, 4.69) is 0 Å². The van der Waals surface area contributed by atoms with Gasteiger partial charge in [0, 0.05) is 18.8 Å². The van der Waals surface area contributed by atoms with Crippen LogP contribution in [0.1, 0.15) is 39.2 Å². The third kappa shape index (κ3) is 4.40. The number of piperidine rings is 1. The first-order valence-corrected chi connectivity index (χ1v) is 8.17. The van der Waals surface area contributed by atoms with Crippen molar-refractivity contribution < 1.29 is 19.4 Å². The van der Waals surface area contributed by atoms with Crippen LogP contribution in [0.5, 0.6) is 0 Å². The smallest absolute Gasteiger partial charge is 0.410 e. The minimum Gasteiger partial charge on any atom is -0.481 e. The topological polar surface area (TPSA) is 92.9 Å². The van der Waals surface area contributed by atoms with Crippen LogP contribution in [0.15, 0.2) is 24.3 Å². The van der Waals surface area contributed by atoms with Crippen molar-refractivity contribution >= 4 is 17.7 Å². The van der Waals surface area contributed by atoms with E-state index >= 15 is 0 Å². The molecule has 0 aliphatic carbocycles. The molecule has 1 fully saturated rings. The number of ether oxygens (including phenoxy) is 1. The molecule has 1 unspecified atom stereocenters. The van der Waals surface area contributed by atoms with Crippen molar-refractivity contribution in [1.29, 1.82) is 0 Å². The molecule has 3 N–H and O–H groups in total. The summed E-state index contributed by atoms with van der Waals surface area (Å²) in [5.74, 6) is -0.882. The summed E-state index contributed by atoms with van der Waals surface area (Å²) in [7, 11) is 0. The molecule has 1 aliphatic heterocycles. The lowest BCUT2D eigenvalue weighted by molar-refractivity contribution is -0.152. The highest BCUT2D eigenvalue weighted by atomic mass is 16.6. The van der Waals surface area contributed by atoms with Crippen LogP contribution >= 0.6 is 0 Å². The number of likely N-dealkylation sites (tertiary alicyclic amines) is 1. The van der Waals surface area contributed by atoms with Gasteiger partial charge in [-0.2, -0.15) is 0 Å². The molecular weight excluding hydrogens is 308 g/mol. The predicted octanol–water partition coefficient (Wildman–Crippen LogP) is 2.91. The Balaban J connectivity index is 2.18. The Morgan fingerprint density at radius 1 is 1.29 bits per heavy atom. The summed E-state index contributed by atoms with van der Waals surface area (Å²) in [4.78, 5) is 25.8. The second kappa shape index (κ2) is 6.71. The summed E-state index contributed by atoms with van der Waals surface area (Å²) in [5.41, 5.74) is 5.63. The standard InChI is InChI=1S/C18H26N2O4/c1-17(2,3)24-16(23)20-10-4-9-18(12-20,15(21)22)11-13-5-7-14(19)8-6-13/h5-8H,4,9-12,19H2,1-3H3,(H,21,22). The Morgan fingerprint density at radius 2 is 1.92 bits per heavy atom. The van der Waals surface area contributed by atoms with Gasteiger partial charge in [-0.3, -0.25) is 4.79 Å². The molecule has 0 aromatic heterocycles. The fourth-order valence-electron chi connectivity index (χ4n) is 3.03. The number of nitrogens with two attached hydrogens (primary N) is 1. The molecule has 0 bridgehead atoms. The molecule has 0 spiro atoms. The third-order valence-corrected chi connectivity index (χ3v) is 4.20. The fraction of sp³-hybridized carbons (Fsp3) is 0.556. The number of hydrogen-bond acceptors (Lipinski definition) is 4. The first kappa shape index (κ1) is 18.1. The lowest BCUT2D eigenvalue weighted by Crippen LogP contribution is -2.52. The zero-order valence-corrected chi connectivity index (χ0v) is 14.5. The minimum absolute atomic E-state index is 0.154. The predicted molar refractivity (Wildman–Crippen MR) is 91.7 cm³/mol. The molecule has 0 saturated carbocycles. The lowest BCUT2D eigenvalue weighted by atomic mass is 9.75. The van der Waals surface area contributed by atoms with E-state index in [0.29, 0.717) is 31.5 Å². The molecule has 6 nitrogen and oxygen atoms in total. The second-order valence-corrected chi connectivity index (χ2v) is 7.51. The SMILES string of the molecule is CC(C)(C)OC(=O)N1CCCC(Cc2ccc(N)cc2)(C(=O)O)C1. The van der Waals surface area contributed by atoms with E-state index in [1.807, 2.05) is 12.1 Å². The number of carbonyl (C=O) groups is 2. The number of hydrogen-bond donors (Lipinski definition) is 2. The first-order valence-electron chi connectivity index (χ1n) is 8.17. The monoisotopic (exact) mass is 334 g/mol. The first-order chi connectivity index (χ1) is 11.1. The van der Waals surface area contributed by atoms with Crippen LogP contribution in [0.4, 0.5) is 10.5 Å². The van der Waals surface area contributed by atoms with E-state index in [4.69, 9.17) is 10.5 Å². The molecule has 1 atom stereocenters. The van der Waals surface area contributed by atoms with E-state index in [-0.39, 0.29) is 6.54 Å². The summed E-state index contributed by atoms with van der Waals surface area (Å²) in [6, 6.07) is 7.21. The molecule has 1 heterocycles. The number of aliphatic carboxylic acids is 1. The van der Waals surface area contributed by atoms with E-state index in [9.17, 15) is 14.7 Å². The molecule has 1 amide bonds. The average molecular weight is 334 g/mol. The minimum atomic E-state index is -0.995. The largest absolute Gasteiger partial charge is 0.481 e. The number of carboxylic acids is 1. The fourth-order valence-corrected chi connectivity index (χ4v) is 3.03. The van der Waals surface area contributed by atoms with E-state index in [1.54, 1.807) is 32.9 Å². The Labute approximate surface area is 142 Å². The molecule has 1 saturated heterocycles. The Hall–Kier alpha value is -2.24. The average Bonchev–Trinajstić information content (AvgIpc) is 2.48. The number of nitrogen functional groups attached to an aromatic ring is 1. The number of carboxylic acid groups (broad SMARTS) is 1. The maximum absolute atomic E-state index is 12.3. The van der Waals surface area contributed by atoms with Gasteiger partial charge in [0.05, 0.1) is 5.41 Å². The number of carbonyl (C=O) groups excluding carboxylic acids is 1. The number of rotatable bonds is 3. The number of nitrogens with zero attached hydrogens (tertiary/aromatic N) is 1. The summed E-state index contributed by atoms with van der Waals surface area (Å²) in [5, 5.41) is 9.83. The Bertz CT molecular complexity index is 606. The number of amides is 1. The summed E-state index contributed by atoms with van der Waals surface area (Å²) >= 11 is 0. The summed E-state index contributed by atoms with van der Waals surface area (Å²) in [6.07, 6.45) is 1.08. The molecule has 2 rings (SSSR count). The van der Waals surface area contributed by atoms with Gasteiger partial charge in [-0.1, -0.05) is 12.1 Å². The quantitative estimate of drug-likeness (QED) is 0.829. The number of anilines is 1. The van der Waals surface area contributed by atoms with Gasteiger partial charge in [-0.15, -0.1) is 0 Å². The van der Waals surface area contributed by atoms with Crippen LogP contribution < -0.4 is 5.73 Å². The Kier molecular flexibility index (Phi) is 5.06. The van der Waals surface area contributed by atoms with Gasteiger partial charge in [0.15, 0.2) is 0 Å². The third-order valence-electron chi connectivity index (χ3n) is 4.20. The molecule has 1 aliphatic rings. The van der Waals surface area contributed by atoms with E-state index in [1.165, 1.54) is 4.90 Å². The van der Waals surface area contributed by atoms with E-state index < -0.39 is 23.1 Å². The van der Waals surface area contributed by atoms with Gasteiger partial charge in [0.1, 0.15) is 5.60 Å². The van der Waals surface area contributed by atoms with Crippen molar-refractivity contribution in [3.63, 3.8) is 0 Å². The van der Waals surface area contributed by atoms with Gasteiger partial charge < -0.3 is 20.5 Å². The highest BCUT2D eigenvalue weighted by molar-refractivity contribution is 5.77. The molecule has 1 aromatic carbocycles. The molecule has 1 aromatic rings. The van der Waals surface area contributed by atoms with Crippen LogP contribution in [0.3, 0.4) is 0 Å². The molecule has 6 heteroatoms. The van der Waals surface area contributed by atoms with Crippen molar-refractivity contribution in [2.45, 2.75) is 45.6 Å². The number of benzene rings is 1. The van der Waals surface area contributed by atoms with Gasteiger partial charge >= 0.3 is 12.1 Å². The molecular formula is C18H26N2O4. The molecule has 0 radical (unpaired) electrons. The van der Waals surface area contributed by atoms with Crippen LogP contribution in [-0.4, -0.2) is 40.8 Å². The summed E-state index contributed by atoms with van der Waals surface area (Å²) in [6.45, 7) is 6.07. The van der Waals surface area contributed by atoms with Crippen molar-refractivity contribution in [2.24, 2.45) is 5.41 Å².